The van der Waals surface area contributed by atoms with Crippen LogP contribution in [0.5, 0.6) is 0 Å². The number of nitrogens with zero attached hydrogens (tertiary/aromatic N) is 1. The molecule has 0 heterocycles. The molecule has 0 bridgehead atoms. The standard InChI is InChI=1S/C9H13BrN4/c1-6(13-9(11)14-12)7-3-2-4-8(10)5-7/h2-6H,12H2,1H3,(H3,11,13,14). The van der Waals surface area contributed by atoms with Gasteiger partial charge < -0.3 is 5.73 Å². The molecule has 0 aromatic heterocycles. The minimum Gasteiger partial charge on any atom is -0.369 e. The number of benzene rings is 1. The van der Waals surface area contributed by atoms with Crippen molar-refractivity contribution >= 4 is 21.9 Å². The maximum atomic E-state index is 5.45. The first-order chi connectivity index (χ1) is 6.63. The summed E-state index contributed by atoms with van der Waals surface area (Å²) in [5.74, 6) is 5.35. The molecule has 0 aliphatic heterocycles. The first-order valence-corrected chi connectivity index (χ1v) is 4.98. The number of hydrogen-bond acceptors (Lipinski definition) is 2. The predicted octanol–water partition coefficient (Wildman–Crippen LogP) is 1.29. The molecule has 5 N–H and O–H groups in total. The molecule has 0 saturated heterocycles. The summed E-state index contributed by atoms with van der Waals surface area (Å²) in [5.41, 5.74) is 8.83. The second-order valence-electron chi connectivity index (χ2n) is 2.89. The summed E-state index contributed by atoms with van der Waals surface area (Å²) in [6.07, 6.45) is 0. The highest BCUT2D eigenvalue weighted by molar-refractivity contribution is 9.10. The fourth-order valence-corrected chi connectivity index (χ4v) is 1.50. The molecule has 1 unspecified atom stereocenters. The molecular weight excluding hydrogens is 244 g/mol. The largest absolute Gasteiger partial charge is 0.369 e. The van der Waals surface area contributed by atoms with E-state index in [1.807, 2.05) is 31.2 Å². The molecule has 0 fully saturated rings. The zero-order valence-electron chi connectivity index (χ0n) is 7.87. The Labute approximate surface area is 91.5 Å². The van der Waals surface area contributed by atoms with Gasteiger partial charge in [-0.05, 0) is 24.6 Å². The van der Waals surface area contributed by atoms with Crippen LogP contribution in [-0.4, -0.2) is 5.96 Å². The number of halogens is 1. The summed E-state index contributed by atoms with van der Waals surface area (Å²) < 4.78 is 1.02. The number of aliphatic imine (C=N–C) groups is 1. The minimum atomic E-state index is -0.0106. The summed E-state index contributed by atoms with van der Waals surface area (Å²) in [5, 5.41) is 0. The maximum absolute atomic E-state index is 5.45. The van der Waals surface area contributed by atoms with Crippen molar-refractivity contribution in [3.8, 4) is 0 Å². The smallest absolute Gasteiger partial charge is 0.203 e. The van der Waals surface area contributed by atoms with Crippen LogP contribution in [0.25, 0.3) is 0 Å². The normalized spacial score (nSPS) is 13.8. The molecule has 76 valence electrons. The number of nitrogens with two attached hydrogens (primary N) is 2. The third kappa shape index (κ3) is 3.01. The Hall–Kier alpha value is -1.07. The van der Waals surface area contributed by atoms with E-state index in [-0.39, 0.29) is 12.0 Å². The molecule has 14 heavy (non-hydrogen) atoms. The molecule has 0 aliphatic rings. The van der Waals surface area contributed by atoms with Crippen LogP contribution in [0.4, 0.5) is 0 Å². The highest BCUT2D eigenvalue weighted by Crippen LogP contribution is 2.20. The molecule has 0 radical (unpaired) electrons. The second-order valence-corrected chi connectivity index (χ2v) is 3.81. The van der Waals surface area contributed by atoms with Gasteiger partial charge in [-0.3, -0.25) is 5.43 Å². The van der Waals surface area contributed by atoms with Gasteiger partial charge in [-0.15, -0.1) is 0 Å². The molecule has 0 amide bonds. The lowest BCUT2D eigenvalue weighted by Gasteiger charge is -2.08. The Kier molecular flexibility index (Phi) is 3.91. The highest BCUT2D eigenvalue weighted by Gasteiger charge is 2.03. The van der Waals surface area contributed by atoms with Crippen LogP contribution in [-0.2, 0) is 0 Å². The third-order valence-corrected chi connectivity index (χ3v) is 2.30. The number of nitrogens with one attached hydrogen (secondary N) is 1. The average molecular weight is 257 g/mol. The van der Waals surface area contributed by atoms with E-state index in [4.69, 9.17) is 11.6 Å². The summed E-state index contributed by atoms with van der Waals surface area (Å²) in [7, 11) is 0. The van der Waals surface area contributed by atoms with Gasteiger partial charge in [0.25, 0.3) is 0 Å². The Morgan fingerprint density at radius 1 is 1.57 bits per heavy atom. The summed E-state index contributed by atoms with van der Waals surface area (Å²) in [6.45, 7) is 1.95. The molecule has 5 heteroatoms. The number of hydrazine groups is 1. The van der Waals surface area contributed by atoms with Crippen LogP contribution in [0, 0.1) is 0 Å². The zero-order valence-corrected chi connectivity index (χ0v) is 9.45. The van der Waals surface area contributed by atoms with Crippen molar-refractivity contribution in [3.63, 3.8) is 0 Å². The van der Waals surface area contributed by atoms with E-state index >= 15 is 0 Å². The Bertz CT molecular complexity index is 337. The van der Waals surface area contributed by atoms with Crippen molar-refractivity contribution in [3.05, 3.63) is 34.3 Å². The molecule has 4 nitrogen and oxygen atoms in total. The van der Waals surface area contributed by atoms with Crippen molar-refractivity contribution in [2.45, 2.75) is 13.0 Å². The maximum Gasteiger partial charge on any atom is 0.203 e. The summed E-state index contributed by atoms with van der Waals surface area (Å²) >= 11 is 3.39. The first-order valence-electron chi connectivity index (χ1n) is 4.19. The van der Waals surface area contributed by atoms with E-state index < -0.39 is 0 Å². The van der Waals surface area contributed by atoms with Crippen LogP contribution >= 0.6 is 15.9 Å². The average Bonchev–Trinajstić information content (AvgIpc) is 2.17. The Balaban J connectivity index is 2.84. The van der Waals surface area contributed by atoms with E-state index in [1.165, 1.54) is 0 Å². The van der Waals surface area contributed by atoms with Gasteiger partial charge in [0.15, 0.2) is 0 Å². The van der Waals surface area contributed by atoms with Crippen LogP contribution in [0.3, 0.4) is 0 Å². The molecule has 1 aromatic carbocycles. The monoisotopic (exact) mass is 256 g/mol. The molecule has 0 aliphatic carbocycles. The second kappa shape index (κ2) is 4.97. The lowest BCUT2D eigenvalue weighted by molar-refractivity contribution is 0.800. The molecule has 1 atom stereocenters. The van der Waals surface area contributed by atoms with Crippen molar-refractivity contribution in [2.24, 2.45) is 16.6 Å². The van der Waals surface area contributed by atoms with Gasteiger partial charge in [0.2, 0.25) is 5.96 Å². The predicted molar refractivity (Wildman–Crippen MR) is 61.5 cm³/mol. The molecule has 1 rings (SSSR count). The van der Waals surface area contributed by atoms with Crippen LogP contribution < -0.4 is 17.0 Å². The first kappa shape index (κ1) is 11.0. The van der Waals surface area contributed by atoms with Crippen LogP contribution in [0.15, 0.2) is 33.7 Å². The molecule has 0 saturated carbocycles. The molecular formula is C9H13BrN4. The zero-order chi connectivity index (χ0) is 10.6. The van der Waals surface area contributed by atoms with Gasteiger partial charge in [-0.2, -0.15) is 0 Å². The van der Waals surface area contributed by atoms with Gasteiger partial charge in [-0.25, -0.2) is 10.8 Å². The highest BCUT2D eigenvalue weighted by atomic mass is 79.9. The van der Waals surface area contributed by atoms with E-state index in [9.17, 15) is 0 Å². The number of rotatable bonds is 2. The lowest BCUT2D eigenvalue weighted by Crippen LogP contribution is -2.37. The SMILES string of the molecule is CC(N=C(N)NN)c1cccc(Br)c1. The Morgan fingerprint density at radius 2 is 2.29 bits per heavy atom. The molecule has 0 spiro atoms. The van der Waals surface area contributed by atoms with Crippen LogP contribution in [0.1, 0.15) is 18.5 Å². The van der Waals surface area contributed by atoms with E-state index in [1.54, 1.807) is 0 Å². The van der Waals surface area contributed by atoms with Crippen molar-refractivity contribution in [1.82, 2.24) is 5.43 Å². The van der Waals surface area contributed by atoms with Crippen molar-refractivity contribution in [1.29, 1.82) is 0 Å². The lowest BCUT2D eigenvalue weighted by atomic mass is 10.1. The van der Waals surface area contributed by atoms with Gasteiger partial charge >= 0.3 is 0 Å². The summed E-state index contributed by atoms with van der Waals surface area (Å²) in [4.78, 5) is 4.14. The third-order valence-electron chi connectivity index (χ3n) is 1.81. The van der Waals surface area contributed by atoms with E-state index in [0.717, 1.165) is 10.0 Å². The molecule has 1 aromatic rings. The van der Waals surface area contributed by atoms with Crippen molar-refractivity contribution in [2.75, 3.05) is 0 Å². The van der Waals surface area contributed by atoms with Gasteiger partial charge in [0.05, 0.1) is 6.04 Å². The minimum absolute atomic E-state index is 0.0106. The van der Waals surface area contributed by atoms with E-state index in [2.05, 4.69) is 26.3 Å². The van der Waals surface area contributed by atoms with Gasteiger partial charge in [0.1, 0.15) is 0 Å². The number of guanidine groups is 1. The summed E-state index contributed by atoms with van der Waals surface area (Å²) in [6, 6.07) is 7.89. The van der Waals surface area contributed by atoms with Gasteiger partial charge in [0, 0.05) is 4.47 Å². The van der Waals surface area contributed by atoms with Crippen molar-refractivity contribution < 1.29 is 0 Å². The fourth-order valence-electron chi connectivity index (χ4n) is 1.09. The quantitative estimate of drug-likeness (QED) is 0.323. The van der Waals surface area contributed by atoms with E-state index in [0.29, 0.717) is 0 Å². The van der Waals surface area contributed by atoms with Gasteiger partial charge in [-0.1, -0.05) is 28.1 Å². The van der Waals surface area contributed by atoms with Crippen LogP contribution in [0.2, 0.25) is 0 Å². The topological polar surface area (TPSA) is 76.4 Å². The fraction of sp³-hybridized carbons (Fsp3) is 0.222. The Morgan fingerprint density at radius 3 is 2.86 bits per heavy atom. The number of hydrogen-bond donors (Lipinski definition) is 3.